The monoisotopic (exact) mass is 550 g/mol. The number of alkyl carbamates (subject to hydrolysis) is 1. The molecule has 1 saturated heterocycles. The zero-order valence-electron chi connectivity index (χ0n) is 23.2. The fourth-order valence-corrected chi connectivity index (χ4v) is 4.64. The molecule has 210 valence electrons. The van der Waals surface area contributed by atoms with Gasteiger partial charge in [0.1, 0.15) is 24.5 Å². The predicted octanol–water partition coefficient (Wildman–Crippen LogP) is 3.74. The number of ether oxygens (including phenoxy) is 4. The zero-order valence-corrected chi connectivity index (χ0v) is 24.2. The van der Waals surface area contributed by atoms with Gasteiger partial charge in [0.15, 0.2) is 8.32 Å². The minimum atomic E-state index is -2.49. The molecule has 1 heterocycles. The lowest BCUT2D eigenvalue weighted by Crippen LogP contribution is -2.50. The standard InChI is InChI=1S/C26H38N2O9Si/c1-17(29)36-21(14-19(23(30)33-5)27-24(31)34-6)22(37-38(7,8)26(2,3)4)20-15-28(20)25(32)35-16-18-12-10-9-11-13-18/h9-14,20-22H,15-16H2,1-8H3,(H,27,31)/b19-14-/t20-,21+,22+,28?/m0/s1. The topological polar surface area (TPSA) is 129 Å². The Morgan fingerprint density at radius 3 is 2.26 bits per heavy atom. The lowest BCUT2D eigenvalue weighted by molar-refractivity contribution is -0.149. The van der Waals surface area contributed by atoms with Crippen LogP contribution in [0.1, 0.15) is 33.3 Å². The normalized spacial score (nSPS) is 17.1. The van der Waals surface area contributed by atoms with Gasteiger partial charge in [-0.05, 0) is 29.8 Å². The van der Waals surface area contributed by atoms with Crippen LogP contribution in [0.3, 0.4) is 0 Å². The van der Waals surface area contributed by atoms with Crippen LogP contribution in [-0.2, 0) is 39.6 Å². The molecule has 0 aliphatic carbocycles. The van der Waals surface area contributed by atoms with Crippen molar-refractivity contribution in [2.45, 2.75) is 70.7 Å². The summed E-state index contributed by atoms with van der Waals surface area (Å²) in [5.41, 5.74) is 0.541. The van der Waals surface area contributed by atoms with Gasteiger partial charge in [0.2, 0.25) is 0 Å². The summed E-state index contributed by atoms with van der Waals surface area (Å²) in [5.74, 6) is -1.52. The first-order chi connectivity index (χ1) is 17.7. The Morgan fingerprint density at radius 1 is 1.11 bits per heavy atom. The molecule has 0 spiro atoms. The number of nitrogens with zero attached hydrogens (tertiary/aromatic N) is 1. The highest BCUT2D eigenvalue weighted by Crippen LogP contribution is 2.40. The predicted molar refractivity (Wildman–Crippen MR) is 140 cm³/mol. The maximum absolute atomic E-state index is 12.9. The second-order valence-corrected chi connectivity index (χ2v) is 15.1. The van der Waals surface area contributed by atoms with Gasteiger partial charge >= 0.3 is 24.1 Å². The number of amides is 2. The van der Waals surface area contributed by atoms with Gasteiger partial charge in [-0.25, -0.2) is 14.4 Å². The molecule has 11 nitrogen and oxygen atoms in total. The molecule has 2 rings (SSSR count). The Bertz CT molecular complexity index is 1040. The molecular formula is C26H38N2O9Si. The van der Waals surface area contributed by atoms with Crippen molar-refractivity contribution in [1.29, 1.82) is 0 Å². The van der Waals surface area contributed by atoms with Crippen molar-refractivity contribution < 1.29 is 42.6 Å². The number of hydrogen-bond donors (Lipinski definition) is 1. The third-order valence-electron chi connectivity index (χ3n) is 6.49. The molecule has 1 aromatic carbocycles. The fourth-order valence-electron chi connectivity index (χ4n) is 3.31. The first kappa shape index (κ1) is 30.8. The van der Waals surface area contributed by atoms with E-state index in [1.54, 1.807) is 0 Å². The molecular weight excluding hydrogens is 512 g/mol. The van der Waals surface area contributed by atoms with E-state index in [1.165, 1.54) is 17.9 Å². The molecule has 0 radical (unpaired) electrons. The van der Waals surface area contributed by atoms with Crippen LogP contribution in [-0.4, -0.2) is 76.4 Å². The molecule has 0 bridgehead atoms. The second kappa shape index (κ2) is 12.9. The molecule has 1 aromatic rings. The molecule has 0 aromatic heterocycles. The third-order valence-corrected chi connectivity index (χ3v) is 11.0. The van der Waals surface area contributed by atoms with Crippen molar-refractivity contribution in [1.82, 2.24) is 10.2 Å². The molecule has 1 aliphatic heterocycles. The van der Waals surface area contributed by atoms with Gasteiger partial charge in [0.05, 0.1) is 20.3 Å². The van der Waals surface area contributed by atoms with E-state index in [0.29, 0.717) is 0 Å². The van der Waals surface area contributed by atoms with E-state index < -0.39 is 50.7 Å². The van der Waals surface area contributed by atoms with E-state index in [-0.39, 0.29) is 23.9 Å². The van der Waals surface area contributed by atoms with Crippen molar-refractivity contribution in [3.05, 3.63) is 47.7 Å². The summed E-state index contributed by atoms with van der Waals surface area (Å²) >= 11 is 0. The van der Waals surface area contributed by atoms with Gasteiger partial charge < -0.3 is 23.4 Å². The summed E-state index contributed by atoms with van der Waals surface area (Å²) < 4.78 is 27.1. The first-order valence-corrected chi connectivity index (χ1v) is 15.1. The van der Waals surface area contributed by atoms with Crippen LogP contribution in [0.4, 0.5) is 9.59 Å². The van der Waals surface area contributed by atoms with Crippen LogP contribution in [0.25, 0.3) is 0 Å². The molecule has 38 heavy (non-hydrogen) atoms. The largest absolute Gasteiger partial charge is 0.464 e. The van der Waals surface area contributed by atoms with Gasteiger partial charge in [0, 0.05) is 13.5 Å². The highest BCUT2D eigenvalue weighted by Gasteiger charge is 2.53. The van der Waals surface area contributed by atoms with Crippen molar-refractivity contribution in [3.8, 4) is 0 Å². The molecule has 1 N–H and O–H groups in total. The molecule has 3 atom stereocenters. The Kier molecular flexibility index (Phi) is 10.5. The minimum Gasteiger partial charge on any atom is -0.464 e. The van der Waals surface area contributed by atoms with E-state index in [4.69, 9.17) is 18.6 Å². The smallest absolute Gasteiger partial charge is 0.411 e. The summed E-state index contributed by atoms with van der Waals surface area (Å²) in [7, 11) is -0.210. The van der Waals surface area contributed by atoms with Crippen LogP contribution in [0.15, 0.2) is 42.1 Å². The summed E-state index contributed by atoms with van der Waals surface area (Å²) in [6.07, 6.45) is -2.22. The summed E-state index contributed by atoms with van der Waals surface area (Å²) in [5, 5.41) is 2.06. The van der Waals surface area contributed by atoms with Crippen molar-refractivity contribution >= 4 is 32.4 Å². The maximum Gasteiger partial charge on any atom is 0.411 e. The summed E-state index contributed by atoms with van der Waals surface area (Å²) in [6.45, 7) is 11.8. The summed E-state index contributed by atoms with van der Waals surface area (Å²) in [6, 6.07) is 8.76. The van der Waals surface area contributed by atoms with Gasteiger partial charge in [-0.3, -0.25) is 15.0 Å². The van der Waals surface area contributed by atoms with Crippen molar-refractivity contribution in [2.24, 2.45) is 0 Å². The van der Waals surface area contributed by atoms with Gasteiger partial charge in [-0.1, -0.05) is 51.1 Å². The van der Waals surface area contributed by atoms with Crippen molar-refractivity contribution in [2.75, 3.05) is 20.8 Å². The Hall–Kier alpha value is -3.38. The molecule has 0 unspecified atom stereocenters. The molecule has 0 saturated carbocycles. The van der Waals surface area contributed by atoms with Gasteiger partial charge in [-0.15, -0.1) is 0 Å². The van der Waals surface area contributed by atoms with E-state index in [9.17, 15) is 19.2 Å². The first-order valence-electron chi connectivity index (χ1n) is 12.2. The zero-order chi connectivity index (χ0) is 28.7. The van der Waals surface area contributed by atoms with Crippen LogP contribution in [0.2, 0.25) is 18.1 Å². The average Bonchev–Trinajstić information content (AvgIpc) is 3.65. The maximum atomic E-state index is 12.9. The quantitative estimate of drug-likeness (QED) is 0.152. The van der Waals surface area contributed by atoms with E-state index >= 15 is 0 Å². The SMILES string of the molecule is COC(=O)N/C(=C\[C@@H](OC(C)=O)[C@H](O[Si](C)(C)C(C)(C)C)[C@@H]1CN1C(=O)OCc1ccccc1)C(=O)OC. The van der Waals surface area contributed by atoms with Gasteiger partial charge in [-0.2, -0.15) is 0 Å². The Labute approximate surface area is 224 Å². The lowest BCUT2D eigenvalue weighted by Gasteiger charge is -2.40. The minimum absolute atomic E-state index is 0.0967. The molecule has 2 amide bonds. The highest BCUT2D eigenvalue weighted by molar-refractivity contribution is 6.74. The highest BCUT2D eigenvalue weighted by atomic mass is 28.4. The number of esters is 2. The number of methoxy groups -OCH3 is 2. The number of nitrogens with one attached hydrogen (secondary N) is 1. The van der Waals surface area contributed by atoms with Crippen LogP contribution in [0.5, 0.6) is 0 Å². The number of benzene rings is 1. The van der Waals surface area contributed by atoms with Crippen LogP contribution >= 0.6 is 0 Å². The molecule has 12 heteroatoms. The fraction of sp³-hybridized carbons (Fsp3) is 0.538. The number of hydrogen-bond acceptors (Lipinski definition) is 9. The van der Waals surface area contributed by atoms with Crippen molar-refractivity contribution in [3.63, 3.8) is 0 Å². The third kappa shape index (κ3) is 8.59. The number of carbonyl (C=O) groups is 4. The Morgan fingerprint density at radius 2 is 1.74 bits per heavy atom. The molecule has 1 aliphatic rings. The Balaban J connectivity index is 2.40. The number of rotatable bonds is 10. The lowest BCUT2D eigenvalue weighted by atomic mass is 10.1. The molecule has 1 fully saturated rings. The summed E-state index contributed by atoms with van der Waals surface area (Å²) in [4.78, 5) is 50.7. The van der Waals surface area contributed by atoms with E-state index in [1.807, 2.05) is 64.2 Å². The van der Waals surface area contributed by atoms with Crippen LogP contribution in [0, 0.1) is 0 Å². The average molecular weight is 551 g/mol. The second-order valence-electron chi connectivity index (χ2n) is 10.4. The van der Waals surface area contributed by atoms with Gasteiger partial charge in [0.25, 0.3) is 0 Å². The number of carbonyl (C=O) groups excluding carboxylic acids is 4. The van der Waals surface area contributed by atoms with E-state index in [0.717, 1.165) is 19.8 Å². The van der Waals surface area contributed by atoms with Crippen LogP contribution < -0.4 is 5.32 Å². The van der Waals surface area contributed by atoms with E-state index in [2.05, 4.69) is 10.1 Å².